The molecule has 0 aliphatic carbocycles. The third-order valence-corrected chi connectivity index (χ3v) is 6.83. The van der Waals surface area contributed by atoms with Crippen LogP contribution in [-0.2, 0) is 20.0 Å². The van der Waals surface area contributed by atoms with Crippen molar-refractivity contribution in [1.82, 2.24) is 10.2 Å². The van der Waals surface area contributed by atoms with Crippen LogP contribution in [0.1, 0.15) is 0 Å². The number of anilines is 3. The summed E-state index contributed by atoms with van der Waals surface area (Å²) in [7, 11) is -7.46. The van der Waals surface area contributed by atoms with Crippen molar-refractivity contribution in [1.29, 1.82) is 0 Å². The highest BCUT2D eigenvalue weighted by Gasteiger charge is 2.14. The fourth-order valence-corrected chi connectivity index (χ4v) is 4.56. The highest BCUT2D eigenvalue weighted by atomic mass is 32.2. The molecule has 0 fully saturated rings. The van der Waals surface area contributed by atoms with Crippen LogP contribution in [0.2, 0.25) is 0 Å². The van der Waals surface area contributed by atoms with Gasteiger partial charge in [-0.3, -0.25) is 9.82 Å². The third kappa shape index (κ3) is 4.97. The van der Waals surface area contributed by atoms with Crippen LogP contribution in [0.3, 0.4) is 0 Å². The van der Waals surface area contributed by atoms with Crippen molar-refractivity contribution in [3.05, 3.63) is 84.9 Å². The van der Waals surface area contributed by atoms with Gasteiger partial charge in [0.1, 0.15) is 5.82 Å². The zero-order valence-corrected chi connectivity index (χ0v) is 18.2. The number of hydrogen-bond acceptors (Lipinski definition) is 6. The number of aromatic amines is 1. The molecular weight excluding hydrogens is 450 g/mol. The molecule has 164 valence electrons. The maximum absolute atomic E-state index is 12.6. The number of benzene rings is 3. The lowest BCUT2D eigenvalue weighted by atomic mass is 10.1. The summed E-state index contributed by atoms with van der Waals surface area (Å²) < 4.78 is 50.4. The second-order valence-corrected chi connectivity index (χ2v) is 10.1. The Morgan fingerprint density at radius 2 is 1.47 bits per heavy atom. The van der Waals surface area contributed by atoms with E-state index in [1.807, 2.05) is 0 Å². The normalized spacial score (nSPS) is 11.8. The SMILES string of the molecule is NS(=O)(=O)c1ccc(Nc2cc(-c3cccc(NS(=O)(=O)c4ccccc4)c3)n[nH]2)cc1. The molecule has 32 heavy (non-hydrogen) atoms. The number of rotatable bonds is 7. The fourth-order valence-electron chi connectivity index (χ4n) is 2.97. The van der Waals surface area contributed by atoms with E-state index in [0.29, 0.717) is 28.5 Å². The Balaban J connectivity index is 1.51. The first kappa shape index (κ1) is 21.6. The van der Waals surface area contributed by atoms with Gasteiger partial charge >= 0.3 is 0 Å². The van der Waals surface area contributed by atoms with Gasteiger partial charge in [0.2, 0.25) is 10.0 Å². The van der Waals surface area contributed by atoms with Crippen molar-refractivity contribution in [3.63, 3.8) is 0 Å². The minimum absolute atomic E-state index is 0.0168. The molecule has 0 atom stereocenters. The van der Waals surface area contributed by atoms with E-state index in [-0.39, 0.29) is 9.79 Å². The lowest BCUT2D eigenvalue weighted by Crippen LogP contribution is -2.12. The predicted molar refractivity (Wildman–Crippen MR) is 122 cm³/mol. The topological polar surface area (TPSA) is 147 Å². The number of nitrogens with zero attached hydrogens (tertiary/aromatic N) is 1. The van der Waals surface area contributed by atoms with Crippen LogP contribution in [0, 0.1) is 0 Å². The maximum atomic E-state index is 12.6. The summed E-state index contributed by atoms with van der Waals surface area (Å²) >= 11 is 0. The Labute approximate surface area is 185 Å². The van der Waals surface area contributed by atoms with Crippen LogP contribution in [-0.4, -0.2) is 27.0 Å². The number of nitrogens with two attached hydrogens (primary N) is 1. The zero-order valence-electron chi connectivity index (χ0n) is 16.6. The van der Waals surface area contributed by atoms with E-state index in [2.05, 4.69) is 20.2 Å². The van der Waals surface area contributed by atoms with Crippen LogP contribution in [0.25, 0.3) is 11.3 Å². The van der Waals surface area contributed by atoms with E-state index in [9.17, 15) is 16.8 Å². The lowest BCUT2D eigenvalue weighted by molar-refractivity contribution is 0.597. The van der Waals surface area contributed by atoms with Gasteiger partial charge in [-0.05, 0) is 48.5 Å². The van der Waals surface area contributed by atoms with Crippen LogP contribution in [0.5, 0.6) is 0 Å². The number of hydrogen-bond donors (Lipinski definition) is 4. The van der Waals surface area contributed by atoms with Crippen LogP contribution in [0.15, 0.2) is 94.7 Å². The van der Waals surface area contributed by atoms with Gasteiger partial charge in [-0.15, -0.1) is 0 Å². The minimum Gasteiger partial charge on any atom is -0.341 e. The highest BCUT2D eigenvalue weighted by molar-refractivity contribution is 7.92. The first-order chi connectivity index (χ1) is 15.2. The van der Waals surface area contributed by atoms with Crippen LogP contribution in [0.4, 0.5) is 17.2 Å². The summed E-state index contributed by atoms with van der Waals surface area (Å²) in [5, 5.41) is 15.3. The first-order valence-corrected chi connectivity index (χ1v) is 12.4. The van der Waals surface area contributed by atoms with E-state index in [1.165, 1.54) is 24.3 Å². The molecule has 1 heterocycles. The molecule has 5 N–H and O–H groups in total. The monoisotopic (exact) mass is 469 g/mol. The number of sulfonamides is 2. The maximum Gasteiger partial charge on any atom is 0.261 e. The molecule has 0 bridgehead atoms. The molecule has 0 saturated heterocycles. The number of primary sulfonamides is 1. The average Bonchev–Trinajstić information content (AvgIpc) is 3.23. The Morgan fingerprint density at radius 3 is 2.16 bits per heavy atom. The van der Waals surface area contributed by atoms with E-state index in [1.54, 1.807) is 60.7 Å². The van der Waals surface area contributed by atoms with Crippen LogP contribution >= 0.6 is 0 Å². The van der Waals surface area contributed by atoms with E-state index < -0.39 is 20.0 Å². The molecule has 0 unspecified atom stereocenters. The molecule has 0 aliphatic heterocycles. The summed E-state index contributed by atoms with van der Waals surface area (Å²) in [5.74, 6) is 0.568. The second-order valence-electron chi connectivity index (χ2n) is 6.86. The van der Waals surface area contributed by atoms with Crippen molar-refractivity contribution in [2.75, 3.05) is 10.0 Å². The van der Waals surface area contributed by atoms with Gasteiger partial charge in [-0.2, -0.15) is 5.10 Å². The van der Waals surface area contributed by atoms with E-state index in [0.717, 1.165) is 0 Å². The summed E-state index contributed by atoms with van der Waals surface area (Å²) in [6.45, 7) is 0. The number of H-pyrrole nitrogens is 1. The molecule has 0 spiro atoms. The largest absolute Gasteiger partial charge is 0.341 e. The first-order valence-electron chi connectivity index (χ1n) is 9.34. The summed E-state index contributed by atoms with van der Waals surface area (Å²) in [6.07, 6.45) is 0. The summed E-state index contributed by atoms with van der Waals surface area (Å²) in [6, 6.07) is 22.7. The molecule has 3 aromatic carbocycles. The molecule has 0 amide bonds. The van der Waals surface area contributed by atoms with Gasteiger partial charge in [-0.1, -0.05) is 30.3 Å². The Hall–Kier alpha value is -3.67. The van der Waals surface area contributed by atoms with Gasteiger partial charge < -0.3 is 5.32 Å². The molecule has 4 rings (SSSR count). The van der Waals surface area contributed by atoms with Gasteiger partial charge in [-0.25, -0.2) is 22.0 Å². The highest BCUT2D eigenvalue weighted by Crippen LogP contribution is 2.26. The Bertz CT molecular complexity index is 1450. The van der Waals surface area contributed by atoms with Crippen molar-refractivity contribution in [2.24, 2.45) is 5.14 Å². The second kappa shape index (κ2) is 8.46. The minimum atomic E-state index is -3.76. The van der Waals surface area contributed by atoms with Gasteiger partial charge in [0.15, 0.2) is 0 Å². The predicted octanol–water partition coefficient (Wildman–Crippen LogP) is 3.27. The van der Waals surface area contributed by atoms with Crippen molar-refractivity contribution < 1.29 is 16.8 Å². The average molecular weight is 470 g/mol. The van der Waals surface area contributed by atoms with E-state index >= 15 is 0 Å². The molecule has 11 heteroatoms. The third-order valence-electron chi connectivity index (χ3n) is 4.50. The summed E-state index contributed by atoms with van der Waals surface area (Å²) in [4.78, 5) is 0.188. The van der Waals surface area contributed by atoms with Crippen molar-refractivity contribution in [3.8, 4) is 11.3 Å². The van der Waals surface area contributed by atoms with Crippen molar-refractivity contribution >= 4 is 37.2 Å². The standard InChI is InChI=1S/C21H19N5O4S2/c22-31(27,28)18-11-9-16(10-12-18)23-21-14-20(24-25-21)15-5-4-6-17(13-15)26-32(29,30)19-7-2-1-3-8-19/h1-14,26H,(H2,22,27,28)(H2,23,24,25). The van der Waals surface area contributed by atoms with Gasteiger partial charge in [0.05, 0.1) is 15.5 Å². The van der Waals surface area contributed by atoms with Crippen LogP contribution < -0.4 is 15.2 Å². The zero-order chi connectivity index (χ0) is 22.8. The molecule has 4 aromatic rings. The molecule has 0 radical (unpaired) electrons. The smallest absolute Gasteiger partial charge is 0.261 e. The fraction of sp³-hybridized carbons (Fsp3) is 0. The van der Waals surface area contributed by atoms with Crippen molar-refractivity contribution in [2.45, 2.75) is 9.79 Å². The molecule has 0 aliphatic rings. The molecule has 0 saturated carbocycles. The Morgan fingerprint density at radius 1 is 0.750 bits per heavy atom. The van der Waals surface area contributed by atoms with Gasteiger partial charge in [0, 0.05) is 23.0 Å². The Kier molecular flexibility index (Phi) is 5.70. The molecular formula is C21H19N5O4S2. The van der Waals surface area contributed by atoms with E-state index in [4.69, 9.17) is 5.14 Å². The summed E-state index contributed by atoms with van der Waals surface area (Å²) in [5.41, 5.74) is 2.33. The van der Waals surface area contributed by atoms with Gasteiger partial charge in [0.25, 0.3) is 10.0 Å². The lowest BCUT2D eigenvalue weighted by Gasteiger charge is -2.09. The quantitative estimate of drug-likeness (QED) is 0.327. The number of nitrogens with one attached hydrogen (secondary N) is 3. The molecule has 9 nitrogen and oxygen atoms in total. The number of aromatic nitrogens is 2. The molecule has 1 aromatic heterocycles.